The van der Waals surface area contributed by atoms with Gasteiger partial charge >= 0.3 is 12.1 Å². The van der Waals surface area contributed by atoms with Crippen molar-refractivity contribution in [3.63, 3.8) is 0 Å². The average molecular weight is 603 g/mol. The Morgan fingerprint density at radius 1 is 0.884 bits per heavy atom. The highest BCUT2D eigenvalue weighted by Gasteiger charge is 2.30. The number of fused-ring (bicyclic) bond motifs is 1. The van der Waals surface area contributed by atoms with E-state index in [-0.39, 0.29) is 17.0 Å². The molecule has 218 valence electrons. The number of nitrogens with zero attached hydrogens (tertiary/aromatic N) is 1. The van der Waals surface area contributed by atoms with E-state index in [2.05, 4.69) is 5.32 Å². The van der Waals surface area contributed by atoms with Crippen molar-refractivity contribution in [2.24, 2.45) is 0 Å². The maximum atomic E-state index is 13.7. The molecule has 43 heavy (non-hydrogen) atoms. The topological polar surface area (TPSA) is 88.4 Å². The Morgan fingerprint density at radius 3 is 2.26 bits per heavy atom. The number of carboxylic acids is 1. The van der Waals surface area contributed by atoms with Gasteiger partial charge in [0.25, 0.3) is 11.5 Å². The molecule has 0 aliphatic carbocycles. The number of carboxylic acid groups (broad SMARTS) is 1. The number of carbonyl (C=O) groups is 2. The predicted molar refractivity (Wildman–Crippen MR) is 162 cm³/mol. The molecule has 6 nitrogen and oxygen atoms in total. The lowest BCUT2D eigenvalue weighted by Gasteiger charge is -2.19. The molecule has 5 aromatic rings. The third-order valence-corrected chi connectivity index (χ3v) is 7.96. The summed E-state index contributed by atoms with van der Waals surface area (Å²) in [6.45, 7) is 0. The molecule has 4 aromatic carbocycles. The lowest BCUT2D eigenvalue weighted by molar-refractivity contribution is -0.140. The lowest BCUT2D eigenvalue weighted by Crippen LogP contribution is -2.33. The molecule has 0 radical (unpaired) electrons. The molecule has 5 rings (SSSR count). The summed E-state index contributed by atoms with van der Waals surface area (Å²) in [5, 5.41) is 14.4. The van der Waals surface area contributed by atoms with Crippen molar-refractivity contribution in [3.05, 3.63) is 136 Å². The van der Waals surface area contributed by atoms with Crippen molar-refractivity contribution in [2.45, 2.75) is 18.0 Å². The highest BCUT2D eigenvalue weighted by Crippen LogP contribution is 2.31. The maximum Gasteiger partial charge on any atom is 0.416 e. The molecule has 10 heteroatoms. The molecule has 1 heterocycles. The lowest BCUT2D eigenvalue weighted by atomic mass is 9.99. The van der Waals surface area contributed by atoms with Crippen LogP contribution >= 0.6 is 11.8 Å². The third kappa shape index (κ3) is 6.81. The second-order valence-electron chi connectivity index (χ2n) is 9.77. The van der Waals surface area contributed by atoms with E-state index in [1.54, 1.807) is 0 Å². The Balaban J connectivity index is 1.55. The van der Waals surface area contributed by atoms with E-state index in [0.717, 1.165) is 45.2 Å². The van der Waals surface area contributed by atoms with E-state index in [1.165, 1.54) is 24.0 Å². The van der Waals surface area contributed by atoms with Crippen LogP contribution in [0.3, 0.4) is 0 Å². The molecule has 0 bridgehead atoms. The minimum absolute atomic E-state index is 0.0649. The Hall–Kier alpha value is -4.83. The van der Waals surface area contributed by atoms with Gasteiger partial charge in [0.1, 0.15) is 11.7 Å². The fourth-order valence-electron chi connectivity index (χ4n) is 4.69. The molecule has 0 saturated carbocycles. The molecule has 0 unspecified atom stereocenters. The van der Waals surface area contributed by atoms with Gasteiger partial charge in [-0.1, -0.05) is 72.8 Å². The number of rotatable bonds is 9. The summed E-state index contributed by atoms with van der Waals surface area (Å²) in [4.78, 5) is 39.2. The van der Waals surface area contributed by atoms with Crippen molar-refractivity contribution >= 4 is 40.1 Å². The predicted octanol–water partition coefficient (Wildman–Crippen LogP) is 7.50. The van der Waals surface area contributed by atoms with Crippen LogP contribution < -0.4 is 10.9 Å². The Bertz CT molecular complexity index is 1830. The van der Waals surface area contributed by atoms with Crippen molar-refractivity contribution < 1.29 is 27.9 Å². The van der Waals surface area contributed by atoms with E-state index >= 15 is 0 Å². The monoisotopic (exact) mass is 602 g/mol. The summed E-state index contributed by atoms with van der Waals surface area (Å²) in [7, 11) is 0. The number of amides is 1. The van der Waals surface area contributed by atoms with E-state index in [9.17, 15) is 32.7 Å². The zero-order valence-corrected chi connectivity index (χ0v) is 23.4. The molecule has 0 saturated heterocycles. The van der Waals surface area contributed by atoms with Crippen LogP contribution in [-0.4, -0.2) is 27.3 Å². The Labute approximate surface area is 248 Å². The number of alkyl halides is 3. The molecule has 1 atom stereocenters. The second kappa shape index (κ2) is 12.6. The van der Waals surface area contributed by atoms with Crippen molar-refractivity contribution in [1.82, 2.24) is 4.57 Å². The summed E-state index contributed by atoms with van der Waals surface area (Å²) < 4.78 is 40.1. The van der Waals surface area contributed by atoms with Gasteiger partial charge in [0.2, 0.25) is 0 Å². The standard InChI is InChI=1S/C33H25F3N2O4S/c34-33(35,36)25-15-13-23(14-16-25)30(39)37-28-17-24(27-12-6-10-22-9-4-5-11-26(22)27)18-38(31(28)40)29(32(41)42)20-43-19-21-7-2-1-3-8-21/h1-18,29H,19-20H2,(H,37,39)(H,41,42)/t29-/m1/s1. The van der Waals surface area contributed by atoms with Gasteiger partial charge < -0.3 is 10.4 Å². The van der Waals surface area contributed by atoms with Gasteiger partial charge in [0.05, 0.1) is 5.56 Å². The van der Waals surface area contributed by atoms with E-state index in [1.807, 2.05) is 72.8 Å². The number of aliphatic carboxylic acids is 1. The van der Waals surface area contributed by atoms with E-state index < -0.39 is 35.2 Å². The molecular weight excluding hydrogens is 577 g/mol. The minimum Gasteiger partial charge on any atom is -0.480 e. The van der Waals surface area contributed by atoms with Crippen LogP contribution in [0.2, 0.25) is 0 Å². The Kier molecular flexibility index (Phi) is 8.68. The zero-order valence-electron chi connectivity index (χ0n) is 22.5. The van der Waals surface area contributed by atoms with E-state index in [4.69, 9.17) is 0 Å². The SMILES string of the molecule is O=C(Nc1cc(-c2cccc3ccccc23)cn([C@H](CSCc2ccccc2)C(=O)O)c1=O)c1ccc(C(F)(F)F)cc1. The molecule has 0 aliphatic heterocycles. The van der Waals surface area contributed by atoms with Crippen LogP contribution in [0.25, 0.3) is 21.9 Å². The number of hydrogen-bond acceptors (Lipinski definition) is 4. The maximum absolute atomic E-state index is 13.7. The first kappa shape index (κ1) is 29.7. The highest BCUT2D eigenvalue weighted by molar-refractivity contribution is 7.98. The summed E-state index contributed by atoms with van der Waals surface area (Å²) in [5.41, 5.74) is 0.227. The van der Waals surface area contributed by atoms with Crippen LogP contribution in [0.5, 0.6) is 0 Å². The summed E-state index contributed by atoms with van der Waals surface area (Å²) in [5.74, 6) is -1.44. The van der Waals surface area contributed by atoms with E-state index in [0.29, 0.717) is 16.9 Å². The molecule has 0 spiro atoms. The molecule has 0 fully saturated rings. The van der Waals surface area contributed by atoms with Gasteiger partial charge in [-0.05, 0) is 52.2 Å². The van der Waals surface area contributed by atoms with Gasteiger partial charge in [-0.2, -0.15) is 24.9 Å². The zero-order chi connectivity index (χ0) is 30.6. The average Bonchev–Trinajstić information content (AvgIpc) is 3.00. The fourth-order valence-corrected chi connectivity index (χ4v) is 5.76. The number of nitrogens with one attached hydrogen (secondary N) is 1. The first-order valence-corrected chi connectivity index (χ1v) is 14.3. The number of halogens is 3. The molecule has 1 amide bonds. The van der Waals surface area contributed by atoms with Crippen molar-refractivity contribution in [2.75, 3.05) is 11.1 Å². The number of aromatic nitrogens is 1. The van der Waals surface area contributed by atoms with Gasteiger partial charge in [0.15, 0.2) is 0 Å². The number of thioether (sulfide) groups is 1. The van der Waals surface area contributed by atoms with Gasteiger partial charge in [-0.25, -0.2) is 4.79 Å². The quantitative estimate of drug-likeness (QED) is 0.182. The fraction of sp³-hybridized carbons (Fsp3) is 0.121. The second-order valence-corrected chi connectivity index (χ2v) is 10.8. The van der Waals surface area contributed by atoms with Crippen LogP contribution in [0.15, 0.2) is 114 Å². The number of anilines is 1. The summed E-state index contributed by atoms with van der Waals surface area (Å²) in [6.07, 6.45) is -3.10. The van der Waals surface area contributed by atoms with Crippen LogP contribution in [0.1, 0.15) is 27.5 Å². The minimum atomic E-state index is -4.57. The number of carbonyl (C=O) groups excluding carboxylic acids is 1. The molecule has 0 aliphatic rings. The largest absolute Gasteiger partial charge is 0.480 e. The summed E-state index contributed by atoms with van der Waals surface area (Å²) in [6, 6.07) is 26.4. The van der Waals surface area contributed by atoms with Crippen LogP contribution in [0.4, 0.5) is 18.9 Å². The van der Waals surface area contributed by atoms with Crippen LogP contribution in [-0.2, 0) is 16.7 Å². The smallest absolute Gasteiger partial charge is 0.416 e. The number of benzene rings is 4. The first-order chi connectivity index (χ1) is 20.6. The van der Waals surface area contributed by atoms with Gasteiger partial charge in [-0.3, -0.25) is 14.2 Å². The van der Waals surface area contributed by atoms with Crippen molar-refractivity contribution in [3.8, 4) is 11.1 Å². The highest BCUT2D eigenvalue weighted by atomic mass is 32.2. The molecule has 2 N–H and O–H groups in total. The van der Waals surface area contributed by atoms with Gasteiger partial charge in [-0.15, -0.1) is 0 Å². The molecule has 1 aromatic heterocycles. The summed E-state index contributed by atoms with van der Waals surface area (Å²) >= 11 is 1.35. The Morgan fingerprint density at radius 2 is 1.56 bits per heavy atom. The van der Waals surface area contributed by atoms with Crippen molar-refractivity contribution in [1.29, 1.82) is 0 Å². The number of pyridine rings is 1. The normalized spacial score (nSPS) is 12.2. The molecular formula is C33H25F3N2O4S. The first-order valence-electron chi connectivity index (χ1n) is 13.2. The van der Waals surface area contributed by atoms with Crippen LogP contribution in [0, 0.1) is 0 Å². The van der Waals surface area contributed by atoms with Gasteiger partial charge in [0, 0.05) is 28.8 Å². The number of hydrogen-bond donors (Lipinski definition) is 2. The third-order valence-electron chi connectivity index (χ3n) is 6.87.